The van der Waals surface area contributed by atoms with E-state index in [2.05, 4.69) is 25.8 Å². The van der Waals surface area contributed by atoms with E-state index in [0.717, 1.165) is 16.8 Å². The van der Waals surface area contributed by atoms with Crippen LogP contribution in [0.25, 0.3) is 5.69 Å². The predicted octanol–water partition coefficient (Wildman–Crippen LogP) is 5.31. The minimum Gasteiger partial charge on any atom is -0.345 e. The minimum absolute atomic E-state index is 0.101. The molecule has 35 heavy (non-hydrogen) atoms. The lowest BCUT2D eigenvalue weighted by atomic mass is 10.1. The molecule has 0 aliphatic carbocycles. The van der Waals surface area contributed by atoms with E-state index in [1.165, 1.54) is 29.2 Å². The fraction of sp³-hybridized carbons (Fsp3) is 0.174. The van der Waals surface area contributed by atoms with Crippen molar-refractivity contribution in [1.82, 2.24) is 25.1 Å². The van der Waals surface area contributed by atoms with Crippen LogP contribution in [0.2, 0.25) is 10.0 Å². The Hall–Kier alpha value is -2.92. The van der Waals surface area contributed by atoms with Gasteiger partial charge in [-0.2, -0.15) is 0 Å². The molecule has 4 aromatic rings. The van der Waals surface area contributed by atoms with Crippen molar-refractivity contribution in [2.24, 2.45) is 0 Å². The molecule has 2 heterocycles. The highest BCUT2D eigenvalue weighted by Gasteiger charge is 2.19. The van der Waals surface area contributed by atoms with Gasteiger partial charge in [0.2, 0.25) is 5.91 Å². The monoisotopic (exact) mass is 546 g/mol. The number of anilines is 1. The van der Waals surface area contributed by atoms with Gasteiger partial charge in [0, 0.05) is 16.6 Å². The number of halogens is 2. The number of benzene rings is 2. The van der Waals surface area contributed by atoms with E-state index in [-0.39, 0.29) is 29.1 Å². The highest BCUT2D eigenvalue weighted by Crippen LogP contribution is 2.26. The van der Waals surface area contributed by atoms with Crippen LogP contribution in [0.1, 0.15) is 27.3 Å². The number of nitrogens with one attached hydrogen (secondary N) is 2. The fourth-order valence-electron chi connectivity index (χ4n) is 3.21. The van der Waals surface area contributed by atoms with Gasteiger partial charge in [0.1, 0.15) is 0 Å². The largest absolute Gasteiger partial charge is 0.345 e. The second kappa shape index (κ2) is 11.2. The maximum atomic E-state index is 12.7. The highest BCUT2D eigenvalue weighted by atomic mass is 35.5. The van der Waals surface area contributed by atoms with E-state index >= 15 is 0 Å². The molecule has 0 unspecified atom stereocenters. The molecular weight excluding hydrogens is 527 g/mol. The summed E-state index contributed by atoms with van der Waals surface area (Å²) in [6.45, 7) is 4.07. The third kappa shape index (κ3) is 6.21. The Morgan fingerprint density at radius 3 is 2.69 bits per heavy atom. The molecule has 4 rings (SSSR count). The molecule has 180 valence electrons. The van der Waals surface area contributed by atoms with E-state index in [9.17, 15) is 9.59 Å². The van der Waals surface area contributed by atoms with Crippen molar-refractivity contribution in [3.8, 4) is 5.69 Å². The Labute approximate surface area is 220 Å². The van der Waals surface area contributed by atoms with Crippen LogP contribution >= 0.6 is 46.3 Å². The Kier molecular flexibility index (Phi) is 8.07. The van der Waals surface area contributed by atoms with Crippen LogP contribution in [0, 0.1) is 13.8 Å². The van der Waals surface area contributed by atoms with Crippen LogP contribution in [0.3, 0.4) is 0 Å². The van der Waals surface area contributed by atoms with Crippen LogP contribution in [0.4, 0.5) is 5.13 Å². The molecule has 0 bridgehead atoms. The molecular formula is C23H20Cl2N6O2S2. The van der Waals surface area contributed by atoms with Crippen LogP contribution in [0.5, 0.6) is 0 Å². The lowest BCUT2D eigenvalue weighted by Gasteiger charge is -2.14. The number of hydrogen-bond acceptors (Lipinski definition) is 7. The van der Waals surface area contributed by atoms with E-state index in [0.29, 0.717) is 26.7 Å². The number of aryl methyl sites for hydroxylation is 2. The molecule has 2 aromatic carbocycles. The molecule has 0 saturated heterocycles. The Balaban J connectivity index is 1.57. The summed E-state index contributed by atoms with van der Waals surface area (Å²) in [5, 5.41) is 17.8. The molecule has 0 aliphatic rings. The smallest absolute Gasteiger partial charge is 0.253 e. The Bertz CT molecular complexity index is 1370. The van der Waals surface area contributed by atoms with Gasteiger partial charge in [-0.25, -0.2) is 4.98 Å². The van der Waals surface area contributed by atoms with Gasteiger partial charge >= 0.3 is 0 Å². The van der Waals surface area contributed by atoms with E-state index in [1.807, 2.05) is 36.6 Å². The van der Waals surface area contributed by atoms with Gasteiger partial charge in [0.15, 0.2) is 16.1 Å². The summed E-state index contributed by atoms with van der Waals surface area (Å²) in [6, 6.07) is 10.7. The first-order valence-corrected chi connectivity index (χ1v) is 13.0. The number of rotatable bonds is 8. The maximum absolute atomic E-state index is 12.7. The fourth-order valence-corrected chi connectivity index (χ4v) is 5.01. The van der Waals surface area contributed by atoms with Gasteiger partial charge in [-0.05, 0) is 49.2 Å². The standard InChI is InChI=1S/C23H20Cl2N6O2S2/c1-13-3-4-14(2)18(9-13)31-19(11-27-21(33)16-6-5-15(24)10-17(16)25)29-30-23(31)35-12-20(32)28-22-26-7-8-34-22/h3-10H,11-12H2,1-2H3,(H,27,33)(H,26,28,32). The van der Waals surface area contributed by atoms with Crippen LogP contribution in [-0.2, 0) is 11.3 Å². The first-order chi connectivity index (χ1) is 16.8. The molecule has 0 fully saturated rings. The lowest BCUT2D eigenvalue weighted by molar-refractivity contribution is -0.113. The number of thioether (sulfide) groups is 1. The molecule has 0 atom stereocenters. The zero-order valence-corrected chi connectivity index (χ0v) is 21.9. The van der Waals surface area contributed by atoms with Gasteiger partial charge in [0.25, 0.3) is 5.91 Å². The van der Waals surface area contributed by atoms with E-state index in [4.69, 9.17) is 23.2 Å². The highest BCUT2D eigenvalue weighted by molar-refractivity contribution is 7.99. The molecule has 0 spiro atoms. The van der Waals surface area contributed by atoms with Crippen molar-refractivity contribution in [1.29, 1.82) is 0 Å². The number of hydrogen-bond donors (Lipinski definition) is 2. The summed E-state index contributed by atoms with van der Waals surface area (Å²) < 4.78 is 1.85. The maximum Gasteiger partial charge on any atom is 0.253 e. The molecule has 2 N–H and O–H groups in total. The van der Waals surface area contributed by atoms with Gasteiger partial charge in [-0.3, -0.25) is 14.2 Å². The quantitative estimate of drug-likeness (QED) is 0.290. The second-order valence-electron chi connectivity index (χ2n) is 7.51. The summed E-state index contributed by atoms with van der Waals surface area (Å²) in [4.78, 5) is 29.2. The van der Waals surface area contributed by atoms with Crippen LogP contribution in [-0.4, -0.2) is 37.3 Å². The van der Waals surface area contributed by atoms with Gasteiger partial charge in [-0.15, -0.1) is 21.5 Å². The lowest BCUT2D eigenvalue weighted by Crippen LogP contribution is -2.25. The normalized spacial score (nSPS) is 10.9. The number of nitrogens with zero attached hydrogens (tertiary/aromatic N) is 4. The van der Waals surface area contributed by atoms with Crippen molar-refractivity contribution < 1.29 is 9.59 Å². The van der Waals surface area contributed by atoms with E-state index < -0.39 is 0 Å². The third-order valence-electron chi connectivity index (χ3n) is 4.90. The summed E-state index contributed by atoms with van der Waals surface area (Å²) in [5.41, 5.74) is 3.23. The number of thiazole rings is 1. The molecule has 12 heteroatoms. The Morgan fingerprint density at radius 2 is 1.94 bits per heavy atom. The number of carbonyl (C=O) groups is 2. The summed E-state index contributed by atoms with van der Waals surface area (Å²) in [6.07, 6.45) is 1.63. The average Bonchev–Trinajstić information content (AvgIpc) is 3.47. The topological polar surface area (TPSA) is 102 Å². The van der Waals surface area contributed by atoms with Gasteiger partial charge < -0.3 is 10.6 Å². The summed E-state index contributed by atoms with van der Waals surface area (Å²) >= 11 is 14.7. The summed E-state index contributed by atoms with van der Waals surface area (Å²) in [7, 11) is 0. The van der Waals surface area contributed by atoms with Crippen molar-refractivity contribution in [2.45, 2.75) is 25.5 Å². The average molecular weight is 547 g/mol. The second-order valence-corrected chi connectivity index (χ2v) is 10.2. The van der Waals surface area contributed by atoms with Crippen molar-refractivity contribution >= 4 is 63.2 Å². The minimum atomic E-state index is -0.362. The zero-order valence-electron chi connectivity index (χ0n) is 18.7. The van der Waals surface area contributed by atoms with Crippen molar-refractivity contribution in [2.75, 3.05) is 11.1 Å². The Morgan fingerprint density at radius 1 is 1.11 bits per heavy atom. The van der Waals surface area contributed by atoms with Crippen molar-refractivity contribution in [3.05, 3.63) is 80.5 Å². The van der Waals surface area contributed by atoms with Crippen LogP contribution in [0.15, 0.2) is 53.1 Å². The van der Waals surface area contributed by atoms with E-state index in [1.54, 1.807) is 23.7 Å². The molecule has 0 saturated carbocycles. The number of carbonyl (C=O) groups excluding carboxylic acids is 2. The number of amides is 2. The summed E-state index contributed by atoms with van der Waals surface area (Å²) in [5.74, 6) is 0.0712. The molecule has 0 aliphatic heterocycles. The number of aromatic nitrogens is 4. The van der Waals surface area contributed by atoms with Crippen LogP contribution < -0.4 is 10.6 Å². The molecule has 0 radical (unpaired) electrons. The third-order valence-corrected chi connectivity index (χ3v) is 7.07. The van der Waals surface area contributed by atoms with Gasteiger partial charge in [-0.1, -0.05) is 47.1 Å². The molecule has 2 aromatic heterocycles. The molecule has 2 amide bonds. The predicted molar refractivity (Wildman–Crippen MR) is 140 cm³/mol. The zero-order chi connectivity index (χ0) is 24.9. The van der Waals surface area contributed by atoms with Gasteiger partial charge in [0.05, 0.1) is 28.6 Å². The first kappa shape index (κ1) is 25.2. The van der Waals surface area contributed by atoms with Crippen molar-refractivity contribution in [3.63, 3.8) is 0 Å². The SMILES string of the molecule is Cc1ccc(C)c(-n2c(CNC(=O)c3ccc(Cl)cc3Cl)nnc2SCC(=O)Nc2nccs2)c1. The molecule has 8 nitrogen and oxygen atoms in total. The first-order valence-electron chi connectivity index (χ1n) is 10.4.